The molecule has 24 heavy (non-hydrogen) atoms. The number of para-hydroxylation sites is 1. The Hall–Kier alpha value is -1.76. The van der Waals surface area contributed by atoms with Gasteiger partial charge in [-0.15, -0.1) is 0 Å². The fraction of sp³-hybridized carbons (Fsp3) is 0.588. The summed E-state index contributed by atoms with van der Waals surface area (Å²) >= 11 is 0. The van der Waals surface area contributed by atoms with Gasteiger partial charge in [0.25, 0.3) is 0 Å². The fourth-order valence-electron chi connectivity index (χ4n) is 2.66. The standard InChI is InChI=1S/C17H27N3O3S/c1-14(23-15-8-6-5-7-9-15)12-19-16(18-4)20-10-11-24(21,22)17(2,3)13-20/h5-9,14H,10-13H2,1-4H3,(H,18,19). The highest BCUT2D eigenvalue weighted by molar-refractivity contribution is 7.92. The van der Waals surface area contributed by atoms with Crippen LogP contribution >= 0.6 is 0 Å². The first-order valence-electron chi connectivity index (χ1n) is 8.15. The molecular formula is C17H27N3O3S. The minimum atomic E-state index is -3.06. The monoisotopic (exact) mass is 353 g/mol. The third kappa shape index (κ3) is 4.41. The summed E-state index contributed by atoms with van der Waals surface area (Å²) in [6.07, 6.45) is -0.0364. The molecule has 0 saturated carbocycles. The third-order valence-electron chi connectivity index (χ3n) is 4.18. The van der Waals surface area contributed by atoms with E-state index in [1.807, 2.05) is 42.2 Å². The molecule has 1 aromatic carbocycles. The Balaban J connectivity index is 1.91. The van der Waals surface area contributed by atoms with Crippen LogP contribution in [-0.4, -0.2) is 62.6 Å². The molecule has 1 fully saturated rings. The van der Waals surface area contributed by atoms with Crippen LogP contribution in [0.5, 0.6) is 5.75 Å². The summed E-state index contributed by atoms with van der Waals surface area (Å²) < 4.78 is 29.3. The van der Waals surface area contributed by atoms with Crippen LogP contribution in [-0.2, 0) is 9.84 Å². The topological polar surface area (TPSA) is 71.0 Å². The van der Waals surface area contributed by atoms with Crippen LogP contribution in [0.15, 0.2) is 35.3 Å². The maximum atomic E-state index is 12.1. The third-order valence-corrected chi connectivity index (χ3v) is 6.72. The van der Waals surface area contributed by atoms with E-state index in [9.17, 15) is 8.42 Å². The zero-order valence-electron chi connectivity index (χ0n) is 14.8. The smallest absolute Gasteiger partial charge is 0.193 e. The van der Waals surface area contributed by atoms with E-state index in [1.165, 1.54) is 0 Å². The molecule has 134 valence electrons. The van der Waals surface area contributed by atoms with Crippen LogP contribution < -0.4 is 10.1 Å². The van der Waals surface area contributed by atoms with Crippen molar-refractivity contribution in [2.24, 2.45) is 4.99 Å². The first kappa shape index (κ1) is 18.6. The van der Waals surface area contributed by atoms with Crippen LogP contribution in [0.1, 0.15) is 20.8 Å². The van der Waals surface area contributed by atoms with Gasteiger partial charge in [0.1, 0.15) is 11.9 Å². The zero-order valence-corrected chi connectivity index (χ0v) is 15.6. The van der Waals surface area contributed by atoms with Crippen molar-refractivity contribution in [1.29, 1.82) is 0 Å². The van der Waals surface area contributed by atoms with E-state index >= 15 is 0 Å². The molecule has 0 aliphatic carbocycles. The number of rotatable bonds is 4. The van der Waals surface area contributed by atoms with Gasteiger partial charge in [-0.3, -0.25) is 4.99 Å². The Morgan fingerprint density at radius 1 is 1.38 bits per heavy atom. The quantitative estimate of drug-likeness (QED) is 0.657. The predicted octanol–water partition coefficient (Wildman–Crippen LogP) is 1.54. The first-order chi connectivity index (χ1) is 11.2. The Morgan fingerprint density at radius 3 is 2.62 bits per heavy atom. The highest BCUT2D eigenvalue weighted by Crippen LogP contribution is 2.23. The molecule has 0 spiro atoms. The van der Waals surface area contributed by atoms with Crippen LogP contribution in [0.25, 0.3) is 0 Å². The highest BCUT2D eigenvalue weighted by atomic mass is 32.2. The number of hydrogen-bond donors (Lipinski definition) is 1. The number of hydrogen-bond acceptors (Lipinski definition) is 4. The molecule has 0 radical (unpaired) electrons. The highest BCUT2D eigenvalue weighted by Gasteiger charge is 2.40. The molecule has 7 heteroatoms. The van der Waals surface area contributed by atoms with Gasteiger partial charge in [0.2, 0.25) is 0 Å². The maximum Gasteiger partial charge on any atom is 0.193 e. The number of aliphatic imine (C=N–C) groups is 1. The molecule has 1 aliphatic rings. The summed E-state index contributed by atoms with van der Waals surface area (Å²) in [7, 11) is -1.35. The number of nitrogens with one attached hydrogen (secondary N) is 1. The van der Waals surface area contributed by atoms with E-state index in [0.717, 1.165) is 5.75 Å². The van der Waals surface area contributed by atoms with Crippen molar-refractivity contribution in [3.63, 3.8) is 0 Å². The Bertz CT molecular complexity index is 672. The summed E-state index contributed by atoms with van der Waals surface area (Å²) in [5, 5.41) is 3.28. The Morgan fingerprint density at radius 2 is 2.04 bits per heavy atom. The number of nitrogens with zero attached hydrogens (tertiary/aromatic N) is 2. The Kier molecular flexibility index (Phi) is 5.74. The number of guanidine groups is 1. The second-order valence-corrected chi connectivity index (χ2v) is 9.41. The van der Waals surface area contributed by atoms with E-state index in [4.69, 9.17) is 4.74 Å². The second-order valence-electron chi connectivity index (χ2n) is 6.67. The average molecular weight is 353 g/mol. The molecule has 2 rings (SSSR count). The van der Waals surface area contributed by atoms with Crippen molar-refractivity contribution in [3.8, 4) is 5.75 Å². The van der Waals surface area contributed by atoms with Gasteiger partial charge in [0.05, 0.1) is 17.0 Å². The number of sulfone groups is 1. The summed E-state index contributed by atoms with van der Waals surface area (Å²) in [5.74, 6) is 1.69. The van der Waals surface area contributed by atoms with Crippen LogP contribution in [0.4, 0.5) is 0 Å². The number of ether oxygens (including phenoxy) is 1. The van der Waals surface area contributed by atoms with Gasteiger partial charge >= 0.3 is 0 Å². The molecule has 1 N–H and O–H groups in total. The van der Waals surface area contributed by atoms with E-state index < -0.39 is 14.6 Å². The minimum absolute atomic E-state index is 0.0364. The summed E-state index contributed by atoms with van der Waals surface area (Å²) in [6.45, 7) is 7.00. The molecule has 6 nitrogen and oxygen atoms in total. The predicted molar refractivity (Wildman–Crippen MR) is 97.3 cm³/mol. The van der Waals surface area contributed by atoms with Crippen molar-refractivity contribution in [2.45, 2.75) is 31.6 Å². The van der Waals surface area contributed by atoms with E-state index in [0.29, 0.717) is 25.6 Å². The average Bonchev–Trinajstić information content (AvgIpc) is 2.52. The van der Waals surface area contributed by atoms with Crippen LogP contribution in [0.3, 0.4) is 0 Å². The van der Waals surface area contributed by atoms with Gasteiger partial charge in [-0.1, -0.05) is 18.2 Å². The molecule has 0 aromatic heterocycles. The molecule has 1 unspecified atom stereocenters. The lowest BCUT2D eigenvalue weighted by atomic mass is 10.2. The van der Waals surface area contributed by atoms with Crippen molar-refractivity contribution >= 4 is 15.8 Å². The molecule has 1 heterocycles. The lowest BCUT2D eigenvalue weighted by molar-refractivity contribution is 0.221. The van der Waals surface area contributed by atoms with Crippen LogP contribution in [0.2, 0.25) is 0 Å². The van der Waals surface area contributed by atoms with E-state index in [-0.39, 0.29) is 11.9 Å². The van der Waals surface area contributed by atoms with Crippen molar-refractivity contribution in [3.05, 3.63) is 30.3 Å². The molecule has 1 aliphatic heterocycles. The van der Waals surface area contributed by atoms with Gasteiger partial charge in [-0.2, -0.15) is 0 Å². The largest absolute Gasteiger partial charge is 0.489 e. The summed E-state index contributed by atoms with van der Waals surface area (Å²) in [5.41, 5.74) is 0. The minimum Gasteiger partial charge on any atom is -0.489 e. The zero-order chi connectivity index (χ0) is 17.8. The van der Waals surface area contributed by atoms with Crippen LogP contribution in [0, 0.1) is 0 Å². The fourth-order valence-corrected chi connectivity index (χ4v) is 4.03. The lowest BCUT2D eigenvalue weighted by Crippen LogP contribution is -2.57. The normalized spacial score (nSPS) is 21.2. The van der Waals surface area contributed by atoms with Gasteiger partial charge in [0, 0.05) is 20.1 Å². The second kappa shape index (κ2) is 7.42. The van der Waals surface area contributed by atoms with Gasteiger partial charge < -0.3 is 15.0 Å². The molecule has 0 amide bonds. The molecule has 0 bridgehead atoms. The summed E-state index contributed by atoms with van der Waals surface area (Å²) in [6, 6.07) is 9.66. The summed E-state index contributed by atoms with van der Waals surface area (Å²) in [4.78, 5) is 6.28. The Labute approximate surface area is 144 Å². The maximum absolute atomic E-state index is 12.1. The molecular weight excluding hydrogens is 326 g/mol. The SMILES string of the molecule is CN=C(NCC(C)Oc1ccccc1)N1CCS(=O)(=O)C(C)(C)C1. The first-order valence-corrected chi connectivity index (χ1v) is 9.80. The van der Waals surface area contributed by atoms with Gasteiger partial charge in [0.15, 0.2) is 15.8 Å². The lowest BCUT2D eigenvalue weighted by Gasteiger charge is -2.39. The van der Waals surface area contributed by atoms with E-state index in [1.54, 1.807) is 20.9 Å². The van der Waals surface area contributed by atoms with Gasteiger partial charge in [-0.25, -0.2) is 8.42 Å². The van der Waals surface area contributed by atoms with Crippen molar-refractivity contribution in [1.82, 2.24) is 10.2 Å². The van der Waals surface area contributed by atoms with Crippen molar-refractivity contribution in [2.75, 3.05) is 32.4 Å². The van der Waals surface area contributed by atoms with Crippen molar-refractivity contribution < 1.29 is 13.2 Å². The number of benzene rings is 1. The molecule has 1 atom stereocenters. The molecule has 1 aromatic rings. The van der Waals surface area contributed by atoms with Gasteiger partial charge in [-0.05, 0) is 32.9 Å². The van der Waals surface area contributed by atoms with E-state index in [2.05, 4.69) is 10.3 Å². The molecule has 1 saturated heterocycles.